The largest absolute Gasteiger partial charge is 0.342 e. The predicted octanol–water partition coefficient (Wildman–Crippen LogP) is 2.51. The Labute approximate surface area is 147 Å². The molecule has 0 unspecified atom stereocenters. The van der Waals surface area contributed by atoms with Gasteiger partial charge < -0.3 is 5.32 Å². The van der Waals surface area contributed by atoms with Crippen molar-refractivity contribution in [2.75, 3.05) is 18.4 Å². The summed E-state index contributed by atoms with van der Waals surface area (Å²) >= 11 is 0. The molecular weight excluding hydrogens is 336 g/mol. The van der Waals surface area contributed by atoms with E-state index in [2.05, 4.69) is 19.6 Å². The van der Waals surface area contributed by atoms with Gasteiger partial charge in [-0.05, 0) is 49.2 Å². The Hall–Kier alpha value is -2.25. The van der Waals surface area contributed by atoms with Gasteiger partial charge in [-0.25, -0.2) is 0 Å². The highest BCUT2D eigenvalue weighted by molar-refractivity contribution is 7.90. The number of amidine groups is 1. The lowest BCUT2D eigenvalue weighted by Crippen LogP contribution is -2.41. The molecule has 0 amide bonds. The van der Waals surface area contributed by atoms with Crippen molar-refractivity contribution in [1.82, 2.24) is 9.88 Å². The number of anilines is 1. The molecule has 1 aromatic carbocycles. The van der Waals surface area contributed by atoms with E-state index in [1.54, 1.807) is 30.6 Å². The fraction of sp³-hybridized carbons (Fsp3) is 0.333. The Bertz CT molecular complexity index is 896. The molecule has 4 rings (SSSR count). The fourth-order valence-electron chi connectivity index (χ4n) is 3.48. The van der Waals surface area contributed by atoms with Crippen molar-refractivity contribution in [3.63, 3.8) is 0 Å². The van der Waals surface area contributed by atoms with Gasteiger partial charge in [-0.15, -0.1) is 4.40 Å². The van der Waals surface area contributed by atoms with Crippen LogP contribution < -0.4 is 5.32 Å². The number of piperidine rings is 1. The normalized spacial score (nSPS) is 22.6. The van der Waals surface area contributed by atoms with Gasteiger partial charge in [0.2, 0.25) is 0 Å². The van der Waals surface area contributed by atoms with Crippen LogP contribution in [-0.4, -0.2) is 37.2 Å². The molecule has 2 aliphatic heterocycles. The fourth-order valence-corrected chi connectivity index (χ4v) is 4.68. The molecule has 1 aromatic heterocycles. The average molecular weight is 356 g/mol. The lowest BCUT2D eigenvalue weighted by atomic mass is 9.96. The van der Waals surface area contributed by atoms with Crippen LogP contribution in [0.25, 0.3) is 0 Å². The number of nitrogens with one attached hydrogen (secondary N) is 1. The van der Waals surface area contributed by atoms with Crippen LogP contribution in [0.15, 0.2) is 58.1 Å². The molecule has 130 valence electrons. The van der Waals surface area contributed by atoms with E-state index in [1.165, 1.54) is 5.56 Å². The third-order valence-corrected chi connectivity index (χ3v) is 6.04. The highest BCUT2D eigenvalue weighted by atomic mass is 32.2. The number of likely N-dealkylation sites (tertiary alicyclic amines) is 1. The second-order valence-electron chi connectivity index (χ2n) is 6.50. The molecule has 7 heteroatoms. The van der Waals surface area contributed by atoms with E-state index in [-0.39, 0.29) is 10.8 Å². The Morgan fingerprint density at radius 2 is 1.96 bits per heavy atom. The van der Waals surface area contributed by atoms with Gasteiger partial charge in [0.25, 0.3) is 10.0 Å². The van der Waals surface area contributed by atoms with Crippen molar-refractivity contribution in [3.8, 4) is 0 Å². The third-order valence-electron chi connectivity index (χ3n) is 4.69. The lowest BCUT2D eigenvalue weighted by Gasteiger charge is -2.34. The van der Waals surface area contributed by atoms with Gasteiger partial charge in [0.05, 0.1) is 5.69 Å². The second-order valence-corrected chi connectivity index (χ2v) is 8.08. The summed E-state index contributed by atoms with van der Waals surface area (Å²) in [6.45, 7) is 2.65. The molecule has 6 nitrogen and oxygen atoms in total. The standard InChI is InChI=1S/C18H20N4O2S/c23-25(24)17-6-2-1-5-16(17)20-18(21-25)15-4-3-11-22(13-15)12-14-7-9-19-10-8-14/h1-2,5-10,15H,3-4,11-13H2,(H,20,21)/t15-/m0/s1. The van der Waals surface area contributed by atoms with Gasteiger partial charge in [0, 0.05) is 31.4 Å². The zero-order chi connectivity index (χ0) is 17.3. The smallest absolute Gasteiger partial charge is 0.286 e. The molecule has 2 aromatic rings. The summed E-state index contributed by atoms with van der Waals surface area (Å²) in [6, 6.07) is 11.0. The topological polar surface area (TPSA) is 74.7 Å². The number of para-hydroxylation sites is 1. The van der Waals surface area contributed by atoms with Crippen LogP contribution in [0.1, 0.15) is 18.4 Å². The molecule has 3 heterocycles. The maximum atomic E-state index is 12.5. The van der Waals surface area contributed by atoms with E-state index in [0.29, 0.717) is 11.5 Å². The summed E-state index contributed by atoms with van der Waals surface area (Å²) < 4.78 is 29.0. The van der Waals surface area contributed by atoms with Crippen molar-refractivity contribution >= 4 is 21.5 Å². The second kappa shape index (κ2) is 6.57. The van der Waals surface area contributed by atoms with E-state index in [9.17, 15) is 8.42 Å². The first kappa shape index (κ1) is 16.2. The highest BCUT2D eigenvalue weighted by Gasteiger charge is 2.31. The quantitative estimate of drug-likeness (QED) is 0.915. The highest BCUT2D eigenvalue weighted by Crippen LogP contribution is 2.30. The van der Waals surface area contributed by atoms with Crippen molar-refractivity contribution in [1.29, 1.82) is 0 Å². The molecule has 25 heavy (non-hydrogen) atoms. The first-order valence-electron chi connectivity index (χ1n) is 8.44. The monoisotopic (exact) mass is 356 g/mol. The number of nitrogens with zero attached hydrogens (tertiary/aromatic N) is 3. The van der Waals surface area contributed by atoms with Gasteiger partial charge in [-0.3, -0.25) is 9.88 Å². The maximum absolute atomic E-state index is 12.5. The Balaban J connectivity index is 1.53. The zero-order valence-electron chi connectivity index (χ0n) is 13.8. The van der Waals surface area contributed by atoms with E-state index < -0.39 is 10.0 Å². The SMILES string of the molecule is O=S1(=O)N=C([C@H]2CCCN(Cc3ccncc3)C2)Nc2ccccc21. The molecule has 1 N–H and O–H groups in total. The number of pyridine rings is 1. The molecule has 1 saturated heterocycles. The van der Waals surface area contributed by atoms with E-state index in [0.717, 1.165) is 32.5 Å². The predicted molar refractivity (Wildman–Crippen MR) is 96.9 cm³/mol. The van der Waals surface area contributed by atoms with Gasteiger partial charge >= 0.3 is 0 Å². The van der Waals surface area contributed by atoms with E-state index >= 15 is 0 Å². The molecule has 0 radical (unpaired) electrons. The number of aromatic nitrogens is 1. The van der Waals surface area contributed by atoms with Crippen molar-refractivity contribution in [2.24, 2.45) is 10.3 Å². The van der Waals surface area contributed by atoms with Crippen LogP contribution >= 0.6 is 0 Å². The summed E-state index contributed by atoms with van der Waals surface area (Å²) in [5, 5.41) is 3.24. The summed E-state index contributed by atoms with van der Waals surface area (Å²) in [5.74, 6) is 0.664. The van der Waals surface area contributed by atoms with Crippen LogP contribution in [0.2, 0.25) is 0 Å². The van der Waals surface area contributed by atoms with Crippen LogP contribution in [0.4, 0.5) is 5.69 Å². The minimum absolute atomic E-state index is 0.0960. The summed E-state index contributed by atoms with van der Waals surface area (Å²) in [6.07, 6.45) is 5.56. The third kappa shape index (κ3) is 3.43. The zero-order valence-corrected chi connectivity index (χ0v) is 14.6. The lowest BCUT2D eigenvalue weighted by molar-refractivity contribution is 0.196. The van der Waals surface area contributed by atoms with Gasteiger partial charge in [0.15, 0.2) is 0 Å². The molecule has 1 fully saturated rings. The van der Waals surface area contributed by atoms with Gasteiger partial charge in [-0.1, -0.05) is 12.1 Å². The summed E-state index contributed by atoms with van der Waals surface area (Å²) in [5.41, 5.74) is 1.84. The van der Waals surface area contributed by atoms with Gasteiger partial charge in [-0.2, -0.15) is 8.42 Å². The summed E-state index contributed by atoms with van der Waals surface area (Å²) in [7, 11) is -3.62. The molecule has 2 aliphatic rings. The Morgan fingerprint density at radius 3 is 2.80 bits per heavy atom. The van der Waals surface area contributed by atoms with Crippen LogP contribution in [0, 0.1) is 5.92 Å². The van der Waals surface area contributed by atoms with E-state index in [4.69, 9.17) is 0 Å². The molecular formula is C18H20N4O2S. The number of rotatable bonds is 3. The average Bonchev–Trinajstić information content (AvgIpc) is 2.62. The molecule has 1 atom stereocenters. The van der Waals surface area contributed by atoms with Crippen LogP contribution in [0.5, 0.6) is 0 Å². The van der Waals surface area contributed by atoms with Crippen LogP contribution in [0.3, 0.4) is 0 Å². The van der Waals surface area contributed by atoms with Gasteiger partial charge in [0.1, 0.15) is 10.7 Å². The number of benzene rings is 1. The Morgan fingerprint density at radius 1 is 1.16 bits per heavy atom. The summed E-state index contributed by atoms with van der Waals surface area (Å²) in [4.78, 5) is 6.65. The van der Waals surface area contributed by atoms with Crippen molar-refractivity contribution in [3.05, 3.63) is 54.4 Å². The van der Waals surface area contributed by atoms with Crippen molar-refractivity contribution < 1.29 is 8.42 Å². The van der Waals surface area contributed by atoms with Crippen molar-refractivity contribution in [2.45, 2.75) is 24.3 Å². The minimum atomic E-state index is -3.62. The molecule has 0 bridgehead atoms. The molecule has 0 saturated carbocycles. The molecule has 0 aliphatic carbocycles. The Kier molecular flexibility index (Phi) is 4.27. The minimum Gasteiger partial charge on any atom is -0.342 e. The van der Waals surface area contributed by atoms with E-state index in [1.807, 2.05) is 18.2 Å². The number of hydrogen-bond acceptors (Lipinski definition) is 5. The number of fused-ring (bicyclic) bond motifs is 1. The molecule has 0 spiro atoms. The number of sulfonamides is 1. The van der Waals surface area contributed by atoms with Crippen LogP contribution in [-0.2, 0) is 16.6 Å². The first-order chi connectivity index (χ1) is 12.1. The first-order valence-corrected chi connectivity index (χ1v) is 9.88. The number of hydrogen-bond donors (Lipinski definition) is 1. The maximum Gasteiger partial charge on any atom is 0.286 e.